The zero-order chi connectivity index (χ0) is 32.8. The van der Waals surface area contributed by atoms with Gasteiger partial charge < -0.3 is 34.5 Å². The van der Waals surface area contributed by atoms with Crippen molar-refractivity contribution in [3.05, 3.63) is 6.33 Å². The summed E-state index contributed by atoms with van der Waals surface area (Å²) in [6.07, 6.45) is -5.17. The molecule has 1 fully saturated rings. The molecule has 0 amide bonds. The zero-order valence-electron chi connectivity index (χ0n) is 25.5. The molecule has 0 bridgehead atoms. The summed E-state index contributed by atoms with van der Waals surface area (Å²) in [4.78, 5) is 49.8. The number of methoxy groups -OCH3 is 1. The van der Waals surface area contributed by atoms with Crippen molar-refractivity contribution in [2.75, 3.05) is 26.2 Å². The molecule has 246 valence electrons. The number of aliphatic hydroxyl groups is 1. The molecular formula is C25H39N6O12P. The third-order valence-corrected chi connectivity index (χ3v) is 7.40. The number of Topliss-reactive ketones (excluding diaryl/α,β-unsaturated/α-hetero) is 1. The Morgan fingerprint density at radius 2 is 1.82 bits per heavy atom. The molecule has 2 aromatic rings. The van der Waals surface area contributed by atoms with Gasteiger partial charge in [0.1, 0.15) is 18.2 Å². The van der Waals surface area contributed by atoms with E-state index in [1.54, 1.807) is 27.7 Å². The summed E-state index contributed by atoms with van der Waals surface area (Å²) >= 11 is 0. The van der Waals surface area contributed by atoms with Crippen LogP contribution in [0.4, 0.5) is 10.7 Å². The molecule has 18 nitrogen and oxygen atoms in total. The van der Waals surface area contributed by atoms with Crippen molar-refractivity contribution < 1.29 is 56.8 Å². The highest BCUT2D eigenvalue weighted by Crippen LogP contribution is 2.46. The van der Waals surface area contributed by atoms with Crippen LogP contribution in [0.3, 0.4) is 0 Å². The number of carbonyl (C=O) groups is 3. The largest absolute Gasteiger partial charge is 0.510 e. The SMILES string of the molecule is COc1nc(N)nc2c1ncn2[C@@H]1O[C@H](COP(=O)(N[C@@H](CC(C)C)C(=O)OC(C)C)OCOC(=O)OC(C)C)[C@@H](O)C1=O. The molecule has 1 aliphatic heterocycles. The number of ketones is 1. The second-order valence-corrected chi connectivity index (χ2v) is 12.5. The van der Waals surface area contributed by atoms with Gasteiger partial charge in [0.15, 0.2) is 17.4 Å². The smallest absolute Gasteiger partial charge is 0.479 e. The van der Waals surface area contributed by atoms with Crippen LogP contribution in [-0.4, -0.2) is 93.5 Å². The van der Waals surface area contributed by atoms with Gasteiger partial charge in [0.2, 0.25) is 24.4 Å². The average Bonchev–Trinajstić information content (AvgIpc) is 3.45. The molecule has 44 heavy (non-hydrogen) atoms. The van der Waals surface area contributed by atoms with Gasteiger partial charge in [0.05, 0.1) is 32.3 Å². The quantitative estimate of drug-likeness (QED) is 0.142. The van der Waals surface area contributed by atoms with Crippen LogP contribution in [0, 0.1) is 5.92 Å². The Bertz CT molecular complexity index is 1370. The van der Waals surface area contributed by atoms with Crippen molar-refractivity contribution in [1.29, 1.82) is 0 Å². The van der Waals surface area contributed by atoms with E-state index in [1.165, 1.54) is 18.0 Å². The van der Waals surface area contributed by atoms with Crippen molar-refractivity contribution in [2.45, 2.75) is 84.6 Å². The predicted molar refractivity (Wildman–Crippen MR) is 151 cm³/mol. The number of nitrogens with one attached hydrogen (secondary N) is 1. The number of aromatic nitrogens is 4. The summed E-state index contributed by atoms with van der Waals surface area (Å²) in [5, 5.41) is 13.2. The highest BCUT2D eigenvalue weighted by atomic mass is 31.2. The summed E-state index contributed by atoms with van der Waals surface area (Å²) < 4.78 is 51.8. The number of nitrogen functional groups attached to an aromatic ring is 1. The van der Waals surface area contributed by atoms with E-state index in [0.29, 0.717) is 0 Å². The van der Waals surface area contributed by atoms with Gasteiger partial charge in [0, 0.05) is 0 Å². The maximum Gasteiger partial charge on any atom is 0.510 e. The standard InChI is InChI=1S/C25H39N6O12P/c1-12(2)8-15(23(34)41-13(3)4)30-44(36,40-11-38-25(35)42-14(5)6)39-9-16-18(32)19(33)22(43-16)31-10-27-17-20(31)28-24(26)29-21(17)37-7/h10,12-16,18,22,32H,8-9,11H2,1-7H3,(H,30,36)(H2,26,28,29)/t15-,16+,18+,22+,44?/m0/s1. The number of nitrogens with two attached hydrogens (primary N) is 1. The minimum Gasteiger partial charge on any atom is -0.479 e. The van der Waals surface area contributed by atoms with Crippen molar-refractivity contribution >= 4 is 42.8 Å². The van der Waals surface area contributed by atoms with Gasteiger partial charge in [-0.2, -0.15) is 9.97 Å². The molecule has 0 saturated carbocycles. The first-order chi connectivity index (χ1) is 20.6. The Morgan fingerprint density at radius 3 is 2.43 bits per heavy atom. The number of ether oxygens (including phenoxy) is 5. The van der Waals surface area contributed by atoms with Crippen molar-refractivity contribution in [3.8, 4) is 5.88 Å². The molecule has 1 saturated heterocycles. The normalized spacial score (nSPS) is 20.7. The van der Waals surface area contributed by atoms with Gasteiger partial charge in [0.25, 0.3) is 0 Å². The van der Waals surface area contributed by atoms with Crippen LogP contribution in [0.25, 0.3) is 11.2 Å². The van der Waals surface area contributed by atoms with Crippen LogP contribution in [0.2, 0.25) is 0 Å². The lowest BCUT2D eigenvalue weighted by atomic mass is 10.0. The first-order valence-corrected chi connectivity index (χ1v) is 15.3. The third-order valence-electron chi connectivity index (χ3n) is 5.84. The van der Waals surface area contributed by atoms with Crippen molar-refractivity contribution in [2.24, 2.45) is 5.92 Å². The van der Waals surface area contributed by atoms with Crippen LogP contribution < -0.4 is 15.6 Å². The van der Waals surface area contributed by atoms with E-state index in [-0.39, 0.29) is 35.3 Å². The molecule has 0 aliphatic carbocycles. The number of rotatable bonds is 15. The molecule has 4 N–H and O–H groups in total. The Balaban J connectivity index is 1.81. The van der Waals surface area contributed by atoms with Gasteiger partial charge in [-0.1, -0.05) is 13.8 Å². The number of hydrogen-bond acceptors (Lipinski definition) is 16. The number of hydrogen-bond donors (Lipinski definition) is 3. The van der Waals surface area contributed by atoms with Crippen LogP contribution in [0.5, 0.6) is 5.88 Å². The maximum absolute atomic E-state index is 13.9. The first-order valence-electron chi connectivity index (χ1n) is 13.8. The molecule has 0 spiro atoms. The molecular weight excluding hydrogens is 607 g/mol. The summed E-state index contributed by atoms with van der Waals surface area (Å²) in [7, 11) is -3.16. The molecule has 19 heteroatoms. The fraction of sp³-hybridized carbons (Fsp3) is 0.680. The molecule has 0 aromatic carbocycles. The molecule has 3 heterocycles. The van der Waals surface area contributed by atoms with Crippen molar-refractivity contribution in [3.63, 3.8) is 0 Å². The highest BCUT2D eigenvalue weighted by molar-refractivity contribution is 7.51. The summed E-state index contributed by atoms with van der Waals surface area (Å²) in [6, 6.07) is -1.16. The number of carbonyl (C=O) groups excluding carboxylic acids is 3. The molecule has 1 unspecified atom stereocenters. The van der Waals surface area contributed by atoms with Gasteiger partial charge in [-0.25, -0.2) is 19.4 Å². The van der Waals surface area contributed by atoms with E-state index in [9.17, 15) is 24.1 Å². The second-order valence-electron chi connectivity index (χ2n) is 10.7. The number of anilines is 1. The van der Waals surface area contributed by atoms with Crippen LogP contribution in [0.1, 0.15) is 54.2 Å². The van der Waals surface area contributed by atoms with E-state index in [0.717, 1.165) is 0 Å². The highest BCUT2D eigenvalue weighted by Gasteiger charge is 2.46. The lowest BCUT2D eigenvalue weighted by molar-refractivity contribution is -0.150. The topological polar surface area (TPSA) is 235 Å². The summed E-state index contributed by atoms with van der Waals surface area (Å²) in [5.74, 6) is -1.66. The lowest BCUT2D eigenvalue weighted by Crippen LogP contribution is -2.40. The number of nitrogens with zero attached hydrogens (tertiary/aromatic N) is 4. The molecule has 5 atom stereocenters. The molecule has 1 aliphatic rings. The van der Waals surface area contributed by atoms with Gasteiger partial charge in [-0.05, 0) is 40.0 Å². The zero-order valence-corrected chi connectivity index (χ0v) is 26.4. The van der Waals surface area contributed by atoms with E-state index >= 15 is 0 Å². The lowest BCUT2D eigenvalue weighted by Gasteiger charge is -2.26. The molecule has 2 aromatic heterocycles. The van der Waals surface area contributed by atoms with E-state index in [4.69, 9.17) is 38.5 Å². The summed E-state index contributed by atoms with van der Waals surface area (Å²) in [6.45, 7) is 8.61. The third kappa shape index (κ3) is 9.06. The molecule has 3 rings (SSSR count). The number of esters is 1. The first kappa shape index (κ1) is 35.1. The van der Waals surface area contributed by atoms with Gasteiger partial charge in [-0.3, -0.25) is 23.2 Å². The fourth-order valence-corrected chi connectivity index (χ4v) is 5.37. The second kappa shape index (κ2) is 15.0. The molecule has 0 radical (unpaired) electrons. The van der Waals surface area contributed by atoms with Crippen LogP contribution >= 0.6 is 7.75 Å². The predicted octanol–water partition coefficient (Wildman–Crippen LogP) is 1.86. The van der Waals surface area contributed by atoms with Crippen molar-refractivity contribution in [1.82, 2.24) is 24.6 Å². The van der Waals surface area contributed by atoms with Gasteiger partial charge in [-0.15, -0.1) is 0 Å². The van der Waals surface area contributed by atoms with Crippen LogP contribution in [0.15, 0.2) is 6.33 Å². The maximum atomic E-state index is 13.9. The van der Waals surface area contributed by atoms with Crippen LogP contribution in [-0.2, 0) is 42.1 Å². The van der Waals surface area contributed by atoms with E-state index < -0.39 is 75.7 Å². The minimum absolute atomic E-state index is 0.0576. The number of imidazole rings is 1. The minimum atomic E-state index is -4.51. The average molecular weight is 647 g/mol. The Kier molecular flexibility index (Phi) is 12.0. The summed E-state index contributed by atoms with van der Waals surface area (Å²) in [5.41, 5.74) is 6.04. The Hall–Kier alpha value is -3.41. The Morgan fingerprint density at radius 1 is 1.14 bits per heavy atom. The number of fused-ring (bicyclic) bond motifs is 1. The number of aliphatic hydroxyl groups excluding tert-OH is 1. The van der Waals surface area contributed by atoms with E-state index in [1.807, 2.05) is 13.8 Å². The fourth-order valence-electron chi connectivity index (χ4n) is 4.02. The Labute approximate surface area is 253 Å². The monoisotopic (exact) mass is 646 g/mol. The van der Waals surface area contributed by atoms with E-state index in [2.05, 4.69) is 20.0 Å². The van der Waals surface area contributed by atoms with Gasteiger partial charge >= 0.3 is 19.9 Å².